The van der Waals surface area contributed by atoms with E-state index in [1.54, 1.807) is 19.1 Å². The van der Waals surface area contributed by atoms with Crippen molar-refractivity contribution >= 4 is 21.4 Å². The van der Waals surface area contributed by atoms with Crippen LogP contribution in [0.5, 0.6) is 0 Å². The van der Waals surface area contributed by atoms with Crippen molar-refractivity contribution in [3.63, 3.8) is 0 Å². The van der Waals surface area contributed by atoms with Crippen LogP contribution in [0.4, 0.5) is 5.69 Å². The molecular weight excluding hydrogens is 334 g/mol. The van der Waals surface area contributed by atoms with Crippen LogP contribution in [0.25, 0.3) is 0 Å². The van der Waals surface area contributed by atoms with Crippen LogP contribution in [-0.4, -0.2) is 20.1 Å². The molecule has 5 heteroatoms. The van der Waals surface area contributed by atoms with E-state index in [9.17, 15) is 13.2 Å². The van der Waals surface area contributed by atoms with Crippen LogP contribution < -0.4 is 5.32 Å². The number of hydrogen-bond acceptors (Lipinski definition) is 3. The largest absolute Gasteiger partial charge is 0.326 e. The molecule has 0 aliphatic carbocycles. The highest BCUT2D eigenvalue weighted by Crippen LogP contribution is 2.16. The standard InChI is InChI=1S/C20H25NO3S/c1-4-25(23,24)19-11-9-18(10-12-19)21-20(22)14-17-7-5-16(6-8-17)13-15(2)3/h5-12,15H,4,13-14H2,1-3H3,(H,21,22). The van der Waals surface area contributed by atoms with Gasteiger partial charge in [-0.25, -0.2) is 8.42 Å². The van der Waals surface area contributed by atoms with Gasteiger partial charge in [-0.15, -0.1) is 0 Å². The molecule has 2 rings (SSSR count). The van der Waals surface area contributed by atoms with Gasteiger partial charge in [0.2, 0.25) is 5.91 Å². The second-order valence-electron chi connectivity index (χ2n) is 6.57. The fourth-order valence-electron chi connectivity index (χ4n) is 2.57. The number of hydrogen-bond donors (Lipinski definition) is 1. The molecule has 0 spiro atoms. The van der Waals surface area contributed by atoms with Crippen molar-refractivity contribution in [3.05, 3.63) is 59.7 Å². The Morgan fingerprint density at radius 1 is 0.960 bits per heavy atom. The quantitative estimate of drug-likeness (QED) is 0.816. The summed E-state index contributed by atoms with van der Waals surface area (Å²) in [4.78, 5) is 12.4. The van der Waals surface area contributed by atoms with E-state index in [2.05, 4.69) is 31.3 Å². The SMILES string of the molecule is CCS(=O)(=O)c1ccc(NC(=O)Cc2ccc(CC(C)C)cc2)cc1. The number of benzene rings is 2. The van der Waals surface area contributed by atoms with E-state index in [-0.39, 0.29) is 23.0 Å². The van der Waals surface area contributed by atoms with Crippen LogP contribution in [-0.2, 0) is 27.5 Å². The molecule has 2 aromatic rings. The summed E-state index contributed by atoms with van der Waals surface area (Å²) in [6.45, 7) is 5.97. The number of rotatable bonds is 7. The zero-order chi connectivity index (χ0) is 18.4. The minimum Gasteiger partial charge on any atom is -0.326 e. The summed E-state index contributed by atoms with van der Waals surface area (Å²) in [5.41, 5.74) is 2.82. The van der Waals surface area contributed by atoms with Crippen molar-refractivity contribution in [2.75, 3.05) is 11.1 Å². The van der Waals surface area contributed by atoms with Crippen molar-refractivity contribution in [1.82, 2.24) is 0 Å². The van der Waals surface area contributed by atoms with E-state index in [4.69, 9.17) is 0 Å². The summed E-state index contributed by atoms with van der Waals surface area (Å²) in [6.07, 6.45) is 1.32. The molecule has 2 aromatic carbocycles. The Kier molecular flexibility index (Phi) is 6.37. The van der Waals surface area contributed by atoms with Gasteiger partial charge in [-0.3, -0.25) is 4.79 Å². The lowest BCUT2D eigenvalue weighted by molar-refractivity contribution is -0.115. The molecule has 1 amide bonds. The first-order chi connectivity index (χ1) is 11.8. The molecule has 0 fully saturated rings. The Morgan fingerprint density at radius 2 is 1.52 bits per heavy atom. The van der Waals surface area contributed by atoms with Gasteiger partial charge in [-0.2, -0.15) is 0 Å². The van der Waals surface area contributed by atoms with Crippen LogP contribution in [0.15, 0.2) is 53.4 Å². The topological polar surface area (TPSA) is 63.2 Å². The molecule has 134 valence electrons. The summed E-state index contributed by atoms with van der Waals surface area (Å²) in [6, 6.07) is 14.4. The minimum absolute atomic E-state index is 0.0610. The molecule has 0 bridgehead atoms. The molecule has 0 aliphatic rings. The average Bonchev–Trinajstić information content (AvgIpc) is 2.56. The van der Waals surface area contributed by atoms with Crippen molar-refractivity contribution in [2.24, 2.45) is 5.92 Å². The third kappa shape index (κ3) is 5.71. The van der Waals surface area contributed by atoms with Crippen molar-refractivity contribution in [1.29, 1.82) is 0 Å². The Labute approximate surface area is 150 Å². The van der Waals surface area contributed by atoms with E-state index in [0.29, 0.717) is 11.6 Å². The van der Waals surface area contributed by atoms with Crippen LogP contribution in [0.2, 0.25) is 0 Å². The van der Waals surface area contributed by atoms with Gasteiger partial charge in [0.05, 0.1) is 17.1 Å². The molecule has 0 saturated heterocycles. The highest BCUT2D eigenvalue weighted by molar-refractivity contribution is 7.91. The van der Waals surface area contributed by atoms with Gasteiger partial charge in [0, 0.05) is 5.69 Å². The van der Waals surface area contributed by atoms with Crippen molar-refractivity contribution in [2.45, 2.75) is 38.5 Å². The average molecular weight is 359 g/mol. The van der Waals surface area contributed by atoms with Gasteiger partial charge in [-0.05, 0) is 47.7 Å². The van der Waals surface area contributed by atoms with E-state index < -0.39 is 9.84 Å². The molecular formula is C20H25NO3S. The smallest absolute Gasteiger partial charge is 0.228 e. The zero-order valence-electron chi connectivity index (χ0n) is 15.0. The van der Waals surface area contributed by atoms with Gasteiger partial charge in [-0.1, -0.05) is 45.0 Å². The predicted octanol–water partition coefficient (Wildman–Crippen LogP) is 3.86. The molecule has 25 heavy (non-hydrogen) atoms. The molecule has 4 nitrogen and oxygen atoms in total. The minimum atomic E-state index is -3.22. The number of carbonyl (C=O) groups is 1. The molecule has 0 atom stereocenters. The summed E-state index contributed by atoms with van der Waals surface area (Å²) in [7, 11) is -3.22. The lowest BCUT2D eigenvalue weighted by Crippen LogP contribution is -2.14. The predicted molar refractivity (Wildman–Crippen MR) is 101 cm³/mol. The first-order valence-corrected chi connectivity index (χ1v) is 10.2. The molecule has 0 heterocycles. The maximum atomic E-state index is 12.2. The summed E-state index contributed by atoms with van der Waals surface area (Å²) in [5, 5.41) is 2.80. The summed E-state index contributed by atoms with van der Waals surface area (Å²) < 4.78 is 23.6. The van der Waals surface area contributed by atoms with Crippen LogP contribution in [0.1, 0.15) is 31.9 Å². The molecule has 0 radical (unpaired) electrons. The van der Waals surface area contributed by atoms with Gasteiger partial charge in [0.1, 0.15) is 0 Å². The molecule has 0 unspecified atom stereocenters. The molecule has 0 aliphatic heterocycles. The third-order valence-corrected chi connectivity index (χ3v) is 5.66. The maximum absolute atomic E-state index is 12.2. The lowest BCUT2D eigenvalue weighted by atomic mass is 10.0. The monoisotopic (exact) mass is 359 g/mol. The molecule has 0 saturated carbocycles. The third-order valence-electron chi connectivity index (χ3n) is 3.91. The van der Waals surface area contributed by atoms with Gasteiger partial charge in [0.15, 0.2) is 9.84 Å². The van der Waals surface area contributed by atoms with E-state index >= 15 is 0 Å². The van der Waals surface area contributed by atoms with Crippen LogP contribution >= 0.6 is 0 Å². The number of amides is 1. The first-order valence-electron chi connectivity index (χ1n) is 8.50. The summed E-state index contributed by atoms with van der Waals surface area (Å²) >= 11 is 0. The number of nitrogens with one attached hydrogen (secondary N) is 1. The maximum Gasteiger partial charge on any atom is 0.228 e. The lowest BCUT2D eigenvalue weighted by Gasteiger charge is -2.08. The fourth-order valence-corrected chi connectivity index (χ4v) is 3.45. The van der Waals surface area contributed by atoms with Gasteiger partial charge >= 0.3 is 0 Å². The Balaban J connectivity index is 1.96. The number of anilines is 1. The highest BCUT2D eigenvalue weighted by atomic mass is 32.2. The summed E-state index contributed by atoms with van der Waals surface area (Å²) in [5.74, 6) is 0.544. The highest BCUT2D eigenvalue weighted by Gasteiger charge is 2.11. The molecule has 1 N–H and O–H groups in total. The fraction of sp³-hybridized carbons (Fsp3) is 0.350. The van der Waals surface area contributed by atoms with Crippen molar-refractivity contribution < 1.29 is 13.2 Å². The number of sulfone groups is 1. The number of carbonyl (C=O) groups excluding carboxylic acids is 1. The Morgan fingerprint density at radius 3 is 2.04 bits per heavy atom. The first kappa shape index (κ1) is 19.2. The normalized spacial score (nSPS) is 11.5. The van der Waals surface area contributed by atoms with Crippen LogP contribution in [0, 0.1) is 5.92 Å². The van der Waals surface area contributed by atoms with E-state index in [1.165, 1.54) is 17.7 Å². The van der Waals surface area contributed by atoms with Crippen molar-refractivity contribution in [3.8, 4) is 0 Å². The Hall–Kier alpha value is -2.14. The molecule has 0 aromatic heterocycles. The van der Waals surface area contributed by atoms with Gasteiger partial charge in [0.25, 0.3) is 0 Å². The Bertz CT molecular complexity index is 807. The zero-order valence-corrected chi connectivity index (χ0v) is 15.8. The van der Waals surface area contributed by atoms with E-state index in [0.717, 1.165) is 12.0 Å². The van der Waals surface area contributed by atoms with Crippen LogP contribution in [0.3, 0.4) is 0 Å². The second kappa shape index (κ2) is 8.30. The van der Waals surface area contributed by atoms with E-state index in [1.807, 2.05) is 12.1 Å². The van der Waals surface area contributed by atoms with Gasteiger partial charge < -0.3 is 5.32 Å². The second-order valence-corrected chi connectivity index (χ2v) is 8.85.